The van der Waals surface area contributed by atoms with Crippen molar-refractivity contribution in [2.45, 2.75) is 12.5 Å². The number of ketones is 1. The smallest absolute Gasteiger partial charge is 0.322 e. The van der Waals surface area contributed by atoms with E-state index in [1.54, 1.807) is 24.3 Å². The van der Waals surface area contributed by atoms with Gasteiger partial charge in [0.05, 0.1) is 5.02 Å². The van der Waals surface area contributed by atoms with Crippen LogP contribution >= 0.6 is 23.2 Å². The minimum Gasteiger partial charge on any atom is -0.480 e. The van der Waals surface area contributed by atoms with Crippen LogP contribution in [0.2, 0.25) is 10.2 Å². The zero-order valence-corrected chi connectivity index (χ0v) is 13.3. The molecule has 0 aliphatic carbocycles. The molecule has 0 unspecified atom stereocenters. The number of aromatic nitrogens is 1. The molecule has 0 radical (unpaired) electrons. The highest BCUT2D eigenvalue weighted by Crippen LogP contribution is 2.25. The number of nitrogens with one attached hydrogen (secondary N) is 1. The van der Waals surface area contributed by atoms with Crippen LogP contribution in [-0.2, 0) is 11.2 Å². The first-order valence-corrected chi connectivity index (χ1v) is 7.32. The van der Waals surface area contributed by atoms with Gasteiger partial charge in [0, 0.05) is 17.3 Å². The van der Waals surface area contributed by atoms with Gasteiger partial charge in [-0.15, -0.1) is 0 Å². The third kappa shape index (κ3) is 4.05. The fraction of sp³-hybridized carbons (Fsp3) is 0.133. The van der Waals surface area contributed by atoms with Crippen molar-refractivity contribution in [1.82, 2.24) is 10.4 Å². The number of nitrogens with zero attached hydrogens (tertiary/aromatic N) is 1. The Balaban J connectivity index is 2.30. The summed E-state index contributed by atoms with van der Waals surface area (Å²) >= 11 is 11.8. The van der Waals surface area contributed by atoms with Crippen LogP contribution in [0.25, 0.3) is 0 Å². The van der Waals surface area contributed by atoms with E-state index in [9.17, 15) is 9.59 Å². The minimum atomic E-state index is -1.08. The van der Waals surface area contributed by atoms with Crippen molar-refractivity contribution in [2.24, 2.45) is 5.84 Å². The number of carbonyl (C=O) groups excluding carboxylic acids is 1. The molecule has 1 aromatic heterocycles. The zero-order valence-electron chi connectivity index (χ0n) is 11.8. The summed E-state index contributed by atoms with van der Waals surface area (Å²) in [6.07, 6.45) is 1.53. The molecule has 4 N–H and O–H groups in total. The van der Waals surface area contributed by atoms with E-state index in [4.69, 9.17) is 34.2 Å². The van der Waals surface area contributed by atoms with Gasteiger partial charge in [0.15, 0.2) is 5.78 Å². The zero-order chi connectivity index (χ0) is 17.0. The van der Waals surface area contributed by atoms with Crippen LogP contribution in [0.5, 0.6) is 0 Å². The van der Waals surface area contributed by atoms with Crippen molar-refractivity contribution in [2.75, 3.05) is 0 Å². The van der Waals surface area contributed by atoms with Gasteiger partial charge in [0.2, 0.25) is 0 Å². The van der Waals surface area contributed by atoms with Gasteiger partial charge in [0.1, 0.15) is 11.2 Å². The number of pyridine rings is 1. The monoisotopic (exact) mass is 353 g/mol. The first-order chi connectivity index (χ1) is 10.9. The number of carboxylic acids is 1. The average molecular weight is 354 g/mol. The Labute approximate surface area is 142 Å². The Morgan fingerprint density at radius 3 is 2.70 bits per heavy atom. The van der Waals surface area contributed by atoms with Gasteiger partial charge < -0.3 is 5.11 Å². The molecule has 1 atom stereocenters. The molecule has 0 saturated carbocycles. The number of carbonyl (C=O) groups is 2. The fourth-order valence-corrected chi connectivity index (χ4v) is 2.40. The maximum Gasteiger partial charge on any atom is 0.322 e. The summed E-state index contributed by atoms with van der Waals surface area (Å²) in [6, 6.07) is 7.12. The molecule has 0 aliphatic heterocycles. The Morgan fingerprint density at radius 1 is 1.30 bits per heavy atom. The summed E-state index contributed by atoms with van der Waals surface area (Å²) in [5.74, 6) is 3.81. The number of hydrogen-bond donors (Lipinski definition) is 3. The van der Waals surface area contributed by atoms with E-state index in [0.29, 0.717) is 11.1 Å². The molecule has 2 rings (SSSR count). The van der Waals surface area contributed by atoms with Crippen molar-refractivity contribution in [3.8, 4) is 0 Å². The molecule has 0 fully saturated rings. The molecule has 23 heavy (non-hydrogen) atoms. The molecule has 1 heterocycles. The summed E-state index contributed by atoms with van der Waals surface area (Å²) in [7, 11) is 0. The van der Waals surface area contributed by atoms with Crippen LogP contribution in [0.4, 0.5) is 0 Å². The largest absolute Gasteiger partial charge is 0.480 e. The minimum absolute atomic E-state index is 0.0481. The molecule has 0 saturated heterocycles. The molecule has 2 aromatic rings. The maximum atomic E-state index is 12.5. The third-order valence-electron chi connectivity index (χ3n) is 3.22. The quantitative estimate of drug-likeness (QED) is 0.317. The molecule has 1 aromatic carbocycles. The van der Waals surface area contributed by atoms with Crippen LogP contribution in [0.15, 0.2) is 36.5 Å². The summed E-state index contributed by atoms with van der Waals surface area (Å²) in [5, 5.41) is 9.14. The Bertz CT molecular complexity index is 752. The maximum absolute atomic E-state index is 12.5. The van der Waals surface area contributed by atoms with Crippen LogP contribution in [0, 0.1) is 0 Å². The highest BCUT2D eigenvalue weighted by molar-refractivity contribution is 6.43. The first kappa shape index (κ1) is 17.4. The summed E-state index contributed by atoms with van der Waals surface area (Å²) in [6.45, 7) is 0. The molecule has 8 heteroatoms. The highest BCUT2D eigenvalue weighted by atomic mass is 35.5. The van der Waals surface area contributed by atoms with E-state index < -0.39 is 12.0 Å². The number of nitrogens with two attached hydrogens (primary N) is 1. The topological polar surface area (TPSA) is 105 Å². The summed E-state index contributed by atoms with van der Waals surface area (Å²) in [4.78, 5) is 27.3. The average Bonchev–Trinajstić information content (AvgIpc) is 2.54. The van der Waals surface area contributed by atoms with Gasteiger partial charge in [-0.05, 0) is 24.1 Å². The third-order valence-corrected chi connectivity index (χ3v) is 3.99. The van der Waals surface area contributed by atoms with E-state index in [-0.39, 0.29) is 27.9 Å². The van der Waals surface area contributed by atoms with Crippen LogP contribution < -0.4 is 11.3 Å². The predicted molar refractivity (Wildman–Crippen MR) is 86.6 cm³/mol. The number of hydrazine groups is 1. The summed E-state index contributed by atoms with van der Waals surface area (Å²) < 4.78 is 0. The fourth-order valence-electron chi connectivity index (χ4n) is 2.04. The molecule has 0 spiro atoms. The Hall–Kier alpha value is -1.99. The number of hydrogen-bond acceptors (Lipinski definition) is 5. The SMILES string of the molecule is NN[C@@H](Cc1cccc(C(=O)c2ccnc(Cl)c2Cl)c1)C(=O)O. The molecule has 0 aliphatic rings. The van der Waals surface area contributed by atoms with Gasteiger partial charge in [0.25, 0.3) is 0 Å². The van der Waals surface area contributed by atoms with Crippen molar-refractivity contribution >= 4 is 35.0 Å². The second-order valence-corrected chi connectivity index (χ2v) is 5.49. The van der Waals surface area contributed by atoms with E-state index in [2.05, 4.69) is 10.4 Å². The van der Waals surface area contributed by atoms with Crippen molar-refractivity contribution in [1.29, 1.82) is 0 Å². The Kier molecular flexibility index (Phi) is 5.68. The number of aliphatic carboxylic acids is 1. The van der Waals surface area contributed by atoms with Gasteiger partial charge in [-0.25, -0.2) is 10.4 Å². The molecular formula is C15H13Cl2N3O3. The number of rotatable bonds is 6. The predicted octanol–water partition coefficient (Wildman–Crippen LogP) is 2.08. The van der Waals surface area contributed by atoms with E-state index >= 15 is 0 Å². The van der Waals surface area contributed by atoms with Crippen LogP contribution in [0.1, 0.15) is 21.5 Å². The highest BCUT2D eigenvalue weighted by Gasteiger charge is 2.18. The van der Waals surface area contributed by atoms with Crippen molar-refractivity contribution < 1.29 is 14.7 Å². The van der Waals surface area contributed by atoms with Crippen molar-refractivity contribution in [3.05, 3.63) is 63.4 Å². The van der Waals surface area contributed by atoms with Crippen LogP contribution in [-0.4, -0.2) is 27.9 Å². The second-order valence-electron chi connectivity index (χ2n) is 4.75. The van der Waals surface area contributed by atoms with E-state index in [1.807, 2.05) is 0 Å². The van der Waals surface area contributed by atoms with Gasteiger partial charge in [-0.2, -0.15) is 0 Å². The lowest BCUT2D eigenvalue weighted by Gasteiger charge is -2.12. The number of halogens is 2. The lowest BCUT2D eigenvalue weighted by Crippen LogP contribution is -2.42. The molecule has 6 nitrogen and oxygen atoms in total. The number of benzene rings is 1. The molecule has 0 amide bonds. The standard InChI is InChI=1S/C15H13Cl2N3O3/c16-12-10(4-5-19-14(12)17)13(21)9-3-1-2-8(6-9)7-11(20-18)15(22)23/h1-6,11,20H,7,18H2,(H,22,23)/t11-/m0/s1. The van der Waals surface area contributed by atoms with E-state index in [0.717, 1.165) is 0 Å². The second kappa shape index (κ2) is 7.52. The van der Waals surface area contributed by atoms with Gasteiger partial charge >= 0.3 is 5.97 Å². The lowest BCUT2D eigenvalue weighted by atomic mass is 9.99. The van der Waals surface area contributed by atoms with E-state index in [1.165, 1.54) is 12.3 Å². The molecule has 0 bridgehead atoms. The molecule has 120 valence electrons. The number of carboxylic acid groups (broad SMARTS) is 1. The first-order valence-electron chi connectivity index (χ1n) is 6.56. The van der Waals surface area contributed by atoms with Gasteiger partial charge in [-0.1, -0.05) is 41.4 Å². The van der Waals surface area contributed by atoms with Crippen molar-refractivity contribution in [3.63, 3.8) is 0 Å². The lowest BCUT2D eigenvalue weighted by molar-refractivity contribution is -0.139. The summed E-state index contributed by atoms with van der Waals surface area (Å²) in [5.41, 5.74) is 3.47. The Morgan fingerprint density at radius 2 is 2.04 bits per heavy atom. The normalized spacial score (nSPS) is 12.0. The van der Waals surface area contributed by atoms with Gasteiger partial charge in [-0.3, -0.25) is 15.4 Å². The van der Waals surface area contributed by atoms with Crippen LogP contribution in [0.3, 0.4) is 0 Å². The molecular weight excluding hydrogens is 341 g/mol.